The van der Waals surface area contributed by atoms with Gasteiger partial charge in [0.15, 0.2) is 22.4 Å². The fourth-order valence-corrected chi connectivity index (χ4v) is 24.4. The van der Waals surface area contributed by atoms with E-state index in [1.807, 2.05) is 6.08 Å². The Morgan fingerprint density at radius 1 is 0.463 bits per heavy atom. The Morgan fingerprint density at radius 3 is 1.18 bits per heavy atom. The fraction of sp³-hybridized carbons (Fsp3) is 0.770. The summed E-state index contributed by atoms with van der Waals surface area (Å²) in [6.07, 6.45) is 43.6. The molecule has 12 rings (SSSR count). The topological polar surface area (TPSA) is 55.8 Å². The van der Waals surface area contributed by atoms with Gasteiger partial charge in [-0.1, -0.05) is 134 Å². The molecule has 6 heteroatoms. The summed E-state index contributed by atoms with van der Waals surface area (Å²) in [6, 6.07) is 0. The average Bonchev–Trinajstić information content (AvgIpc) is 4.03. The largest absolute Gasteiger partial charge is 0.413 e. The van der Waals surface area contributed by atoms with Crippen LogP contribution in [0.4, 0.5) is 0 Å². The van der Waals surface area contributed by atoms with Gasteiger partial charge in [-0.3, -0.25) is 4.79 Å². The zero-order valence-electron chi connectivity index (χ0n) is 53.6. The highest BCUT2D eigenvalue weighted by molar-refractivity contribution is 6.74. The maximum atomic E-state index is 12.1. The van der Waals surface area contributed by atoms with E-state index >= 15 is 0 Å². The summed E-state index contributed by atoms with van der Waals surface area (Å²) in [5.74, 6) is 7.29. The minimum Gasteiger partial charge on any atom is -0.413 e. The Morgan fingerprint density at radius 2 is 0.800 bits per heavy atom. The van der Waals surface area contributed by atoms with Crippen LogP contribution in [-0.4, -0.2) is 45.8 Å². The lowest BCUT2D eigenvalue weighted by Gasteiger charge is -2.58. The second-order valence-corrected chi connectivity index (χ2v) is 42.9. The molecule has 80 heavy (non-hydrogen) atoms. The molecule has 0 heterocycles. The summed E-state index contributed by atoms with van der Waals surface area (Å²) < 4.78 is 14.1. The van der Waals surface area contributed by atoms with E-state index in [1.165, 1.54) is 132 Å². The van der Waals surface area contributed by atoms with Crippen molar-refractivity contribution in [1.29, 1.82) is 0 Å². The first kappa shape index (κ1) is 61.0. The Hall–Kier alpha value is -2.10. The Bertz CT molecular complexity index is 2420. The van der Waals surface area contributed by atoms with Crippen molar-refractivity contribution in [2.24, 2.45) is 85.8 Å². The molecule has 0 aliphatic heterocycles. The molecule has 0 aromatic carbocycles. The molecule has 0 aromatic rings. The molecule has 12 aliphatic carbocycles. The van der Waals surface area contributed by atoms with Crippen molar-refractivity contribution in [2.45, 2.75) is 271 Å². The molecule has 18 atom stereocenters. The van der Waals surface area contributed by atoms with Crippen molar-refractivity contribution in [3.63, 3.8) is 0 Å². The molecule has 444 valence electrons. The van der Waals surface area contributed by atoms with Crippen LogP contribution in [0.25, 0.3) is 0 Å². The number of allylic oxidation sites excluding steroid dienone is 10. The second-order valence-electron chi connectivity index (χ2n) is 33.4. The first-order valence-electron chi connectivity index (χ1n) is 33.4. The molecular weight excluding hydrogens is 1010 g/mol. The SMILES string of the molecule is C=C[C@]12CCC(=C)C=C1CCC1C2CC[C@@]2(C)C1CC[C@@H]2O.C=C[C@]12CCC(=C)C=C1CCC1C2CC[C@@]2(C)C1CC[C@@H]2O[Si](C)(C)C(C)(C)C.C=C[C@]12CCC(=O)C=C1CCC1C2CC[C@@]2(C)C1CC[C@@H]2O[Si](C)(C)C(C)(C)C. The lowest BCUT2D eigenvalue weighted by molar-refractivity contribution is -0.117. The highest BCUT2D eigenvalue weighted by Crippen LogP contribution is 2.70. The molecule has 0 saturated heterocycles. The van der Waals surface area contributed by atoms with Crippen LogP contribution in [0, 0.1) is 85.8 Å². The number of ketones is 1. The van der Waals surface area contributed by atoms with Crippen LogP contribution in [-0.2, 0) is 13.6 Å². The standard InChI is InChI=1S/C27H44OSi.C26H42O2Si.C21H30O/c1-9-27-17-14-19(2)18-20(27)10-11-21-22-12-13-24(26(22,6)16-15-23(21)27)28-29(7,8)25(3,4)5;1-8-26-16-13-19(27)17-18(26)9-10-20-21-11-12-23(25(21,5)15-14-22(20)26)28-29(6,7)24(2,3)4;1-4-21-12-9-14(2)13-15(21)5-6-16-17-7-8-19(22)20(17,3)11-10-18(16)21/h9,18,21-24H,1-2,10-17H2,3-8H3;8,17,20-23H,1,9-16H2,2-7H3;4,13,16-19,22H,1-2,5-12H2,3H3/t21?,22?,23?,24-,26-,27-;20?,21?,22?,23-,25-,26-;16?,17?,18?,19-,20-,21-/m000/s1. The van der Waals surface area contributed by atoms with Crippen molar-refractivity contribution < 1.29 is 18.8 Å². The van der Waals surface area contributed by atoms with E-state index < -0.39 is 16.6 Å². The summed E-state index contributed by atoms with van der Waals surface area (Å²) in [7, 11) is -3.49. The molecule has 9 unspecified atom stereocenters. The minimum absolute atomic E-state index is 0.0683. The van der Waals surface area contributed by atoms with Gasteiger partial charge in [0.05, 0.1) is 18.3 Å². The van der Waals surface area contributed by atoms with Crippen molar-refractivity contribution in [3.05, 3.63) is 97.2 Å². The monoisotopic (exact) mass is 1120 g/mol. The molecule has 12 aliphatic rings. The van der Waals surface area contributed by atoms with Gasteiger partial charge in [0.2, 0.25) is 0 Å². The lowest BCUT2D eigenvalue weighted by atomic mass is 9.47. The second kappa shape index (κ2) is 21.4. The van der Waals surface area contributed by atoms with E-state index in [0.717, 1.165) is 79.4 Å². The van der Waals surface area contributed by atoms with Crippen LogP contribution < -0.4 is 0 Å². The fourth-order valence-electron chi connectivity index (χ4n) is 21.5. The third-order valence-electron chi connectivity index (χ3n) is 28.3. The number of hydrogen-bond acceptors (Lipinski definition) is 4. The molecule has 0 amide bonds. The molecule has 1 N–H and O–H groups in total. The Balaban J connectivity index is 0.000000136. The molecule has 0 aromatic heterocycles. The number of carbonyl (C=O) groups excluding carboxylic acids is 1. The van der Waals surface area contributed by atoms with Crippen LogP contribution in [0.3, 0.4) is 0 Å². The average molecular weight is 1130 g/mol. The van der Waals surface area contributed by atoms with Crippen molar-refractivity contribution >= 4 is 22.4 Å². The smallest absolute Gasteiger partial charge is 0.192 e. The van der Waals surface area contributed by atoms with E-state index in [4.69, 9.17) is 8.85 Å². The zero-order valence-corrected chi connectivity index (χ0v) is 55.6. The third kappa shape index (κ3) is 9.76. The Labute approximate surface area is 492 Å². The summed E-state index contributed by atoms with van der Waals surface area (Å²) >= 11 is 0. The summed E-state index contributed by atoms with van der Waals surface area (Å²) in [4.78, 5) is 12.1. The van der Waals surface area contributed by atoms with Gasteiger partial charge >= 0.3 is 0 Å². The van der Waals surface area contributed by atoms with E-state index in [9.17, 15) is 9.90 Å². The van der Waals surface area contributed by atoms with Crippen molar-refractivity contribution in [3.8, 4) is 0 Å². The number of carbonyl (C=O) groups is 1. The van der Waals surface area contributed by atoms with Gasteiger partial charge < -0.3 is 14.0 Å². The van der Waals surface area contributed by atoms with Gasteiger partial charge in [-0.05, 0) is 260 Å². The molecule has 0 spiro atoms. The maximum Gasteiger partial charge on any atom is 0.192 e. The van der Waals surface area contributed by atoms with Crippen molar-refractivity contribution in [2.75, 3.05) is 0 Å². The van der Waals surface area contributed by atoms with Crippen molar-refractivity contribution in [1.82, 2.24) is 0 Å². The van der Waals surface area contributed by atoms with Crippen LogP contribution in [0.5, 0.6) is 0 Å². The van der Waals surface area contributed by atoms with Crippen LogP contribution in [0.15, 0.2) is 97.2 Å². The first-order chi connectivity index (χ1) is 37.4. The van der Waals surface area contributed by atoms with Gasteiger partial charge in [-0.15, -0.1) is 19.7 Å². The first-order valence-corrected chi connectivity index (χ1v) is 39.2. The highest BCUT2D eigenvalue weighted by Gasteiger charge is 2.64. The molecule has 0 radical (unpaired) electrons. The van der Waals surface area contributed by atoms with Gasteiger partial charge in [0.1, 0.15) is 0 Å². The molecule has 9 fully saturated rings. The van der Waals surface area contributed by atoms with Crippen LogP contribution in [0.2, 0.25) is 36.3 Å². The number of aliphatic hydroxyl groups is 1. The van der Waals surface area contributed by atoms with Gasteiger partial charge in [0.25, 0.3) is 0 Å². The predicted molar refractivity (Wildman–Crippen MR) is 342 cm³/mol. The lowest BCUT2D eigenvalue weighted by Crippen LogP contribution is -2.54. The van der Waals surface area contributed by atoms with Crippen LogP contribution >= 0.6 is 0 Å². The summed E-state index contributed by atoms with van der Waals surface area (Å²) in [5, 5.41) is 11.1. The molecule has 4 nitrogen and oxygen atoms in total. The van der Waals surface area contributed by atoms with Gasteiger partial charge in [-0.2, -0.15) is 0 Å². The molecule has 9 saturated carbocycles. The van der Waals surface area contributed by atoms with E-state index in [1.54, 1.807) is 11.1 Å². The maximum absolute atomic E-state index is 12.1. The highest BCUT2D eigenvalue weighted by atomic mass is 28.4. The van der Waals surface area contributed by atoms with E-state index in [2.05, 4.69) is 152 Å². The summed E-state index contributed by atoms with van der Waals surface area (Å²) in [5.41, 5.74) is 8.78. The number of rotatable bonds is 7. The predicted octanol–water partition coefficient (Wildman–Crippen LogP) is 20.2. The van der Waals surface area contributed by atoms with E-state index in [0.29, 0.717) is 46.2 Å². The minimum atomic E-state index is -1.76. The zero-order chi connectivity index (χ0) is 58.0. The Kier molecular flexibility index (Phi) is 16.3. The quantitative estimate of drug-likeness (QED) is 0.204. The number of aliphatic hydroxyl groups excluding tert-OH is 1. The molecule has 0 bridgehead atoms. The molecular formula is C74H116O4Si2. The number of hydrogen-bond donors (Lipinski definition) is 1. The van der Waals surface area contributed by atoms with E-state index in [-0.39, 0.29) is 32.8 Å². The van der Waals surface area contributed by atoms with Crippen LogP contribution in [0.1, 0.15) is 216 Å². The normalized spacial score (nSPS) is 44.8. The third-order valence-corrected chi connectivity index (χ3v) is 37.3. The van der Waals surface area contributed by atoms with Gasteiger partial charge in [-0.25, -0.2) is 0 Å². The van der Waals surface area contributed by atoms with Gasteiger partial charge in [0, 0.05) is 22.7 Å². The summed E-state index contributed by atoms with van der Waals surface area (Å²) in [6.45, 7) is 52.9. The number of fused-ring (bicyclic) bond motifs is 15.